The number of nitrogens with zero attached hydrogens (tertiary/aromatic N) is 1. The van der Waals surface area contributed by atoms with Crippen molar-refractivity contribution in [3.8, 4) is 0 Å². The minimum atomic E-state index is -0.834. The van der Waals surface area contributed by atoms with Crippen molar-refractivity contribution in [3.05, 3.63) is 35.4 Å². The van der Waals surface area contributed by atoms with Gasteiger partial charge in [-0.15, -0.1) is 0 Å². The molecule has 2 rings (SSSR count). The number of methoxy groups -OCH3 is 1. The lowest BCUT2D eigenvalue weighted by atomic mass is 9.91. The molecule has 0 bridgehead atoms. The Bertz CT molecular complexity index is 561. The molecule has 126 valence electrons. The minimum Gasteiger partial charge on any atom is -0.481 e. The Morgan fingerprint density at radius 3 is 2.65 bits per heavy atom. The predicted molar refractivity (Wildman–Crippen MR) is 85.9 cm³/mol. The smallest absolute Gasteiger partial charge is 0.317 e. The van der Waals surface area contributed by atoms with Crippen LogP contribution in [0.25, 0.3) is 0 Å². The van der Waals surface area contributed by atoms with Crippen molar-refractivity contribution in [2.75, 3.05) is 20.2 Å². The van der Waals surface area contributed by atoms with Crippen molar-refractivity contribution >= 4 is 12.0 Å². The highest BCUT2D eigenvalue weighted by Crippen LogP contribution is 2.22. The van der Waals surface area contributed by atoms with Gasteiger partial charge < -0.3 is 20.1 Å². The molecule has 1 saturated heterocycles. The second-order valence-electron chi connectivity index (χ2n) is 6.14. The molecule has 0 saturated carbocycles. The number of carboxylic acid groups (broad SMARTS) is 1. The summed E-state index contributed by atoms with van der Waals surface area (Å²) >= 11 is 0. The van der Waals surface area contributed by atoms with E-state index in [1.54, 1.807) is 12.0 Å². The highest BCUT2D eigenvalue weighted by atomic mass is 16.5. The number of nitrogens with one attached hydrogen (secondary N) is 1. The number of carbonyl (C=O) groups excluding carboxylic acids is 1. The quantitative estimate of drug-likeness (QED) is 0.870. The normalized spacial score (nSPS) is 21.0. The van der Waals surface area contributed by atoms with E-state index in [-0.39, 0.29) is 18.5 Å². The summed E-state index contributed by atoms with van der Waals surface area (Å²) in [5.41, 5.74) is 2.04. The molecule has 0 spiro atoms. The summed E-state index contributed by atoms with van der Waals surface area (Å²) < 4.78 is 5.16. The van der Waals surface area contributed by atoms with Gasteiger partial charge in [0.15, 0.2) is 0 Å². The third-order valence-electron chi connectivity index (χ3n) is 4.14. The molecule has 1 aromatic rings. The number of ether oxygens (including phenoxy) is 1. The lowest BCUT2D eigenvalue weighted by Crippen LogP contribution is -2.49. The molecule has 0 aliphatic carbocycles. The van der Waals surface area contributed by atoms with Crippen LogP contribution in [0.1, 0.15) is 24.5 Å². The number of hydrogen-bond donors (Lipinski definition) is 2. The summed E-state index contributed by atoms with van der Waals surface area (Å²) in [6.07, 6.45) is 0.621. The summed E-state index contributed by atoms with van der Waals surface area (Å²) in [5, 5.41) is 12.1. The molecule has 2 atom stereocenters. The largest absolute Gasteiger partial charge is 0.481 e. The van der Waals surface area contributed by atoms with Crippen molar-refractivity contribution in [3.63, 3.8) is 0 Å². The Labute approximate surface area is 136 Å². The predicted octanol–water partition coefficient (Wildman–Crippen LogP) is 2.09. The lowest BCUT2D eigenvalue weighted by Gasteiger charge is -2.34. The zero-order valence-electron chi connectivity index (χ0n) is 13.6. The number of hydrogen-bond acceptors (Lipinski definition) is 3. The maximum absolute atomic E-state index is 12.3. The highest BCUT2D eigenvalue weighted by Gasteiger charge is 2.31. The molecule has 23 heavy (non-hydrogen) atoms. The first kappa shape index (κ1) is 17.3. The topological polar surface area (TPSA) is 78.9 Å². The van der Waals surface area contributed by atoms with Crippen LogP contribution in [0.5, 0.6) is 0 Å². The molecule has 2 amide bonds. The summed E-state index contributed by atoms with van der Waals surface area (Å²) in [6, 6.07) is 7.56. The van der Waals surface area contributed by atoms with Crippen LogP contribution in [0.2, 0.25) is 0 Å². The first-order valence-corrected chi connectivity index (χ1v) is 7.82. The Morgan fingerprint density at radius 1 is 1.30 bits per heavy atom. The van der Waals surface area contributed by atoms with E-state index < -0.39 is 11.9 Å². The van der Waals surface area contributed by atoms with Crippen LogP contribution in [0, 0.1) is 11.8 Å². The van der Waals surface area contributed by atoms with E-state index in [2.05, 4.69) is 5.32 Å². The number of carbonyl (C=O) groups is 2. The number of benzene rings is 1. The van der Waals surface area contributed by atoms with Crippen LogP contribution in [0.3, 0.4) is 0 Å². The van der Waals surface area contributed by atoms with Gasteiger partial charge in [-0.2, -0.15) is 0 Å². The number of carboxylic acids is 1. The third-order valence-corrected chi connectivity index (χ3v) is 4.14. The fraction of sp³-hybridized carbons (Fsp3) is 0.529. The van der Waals surface area contributed by atoms with Crippen molar-refractivity contribution in [1.82, 2.24) is 10.2 Å². The SMILES string of the molecule is COCc1ccccc1CNC(=O)N1CC(C)CC(C(=O)O)C1. The first-order valence-electron chi connectivity index (χ1n) is 7.82. The van der Waals surface area contributed by atoms with Crippen molar-refractivity contribution in [2.24, 2.45) is 11.8 Å². The third kappa shape index (κ3) is 4.69. The van der Waals surface area contributed by atoms with E-state index in [9.17, 15) is 14.7 Å². The van der Waals surface area contributed by atoms with Gasteiger partial charge in [0, 0.05) is 26.7 Å². The molecule has 1 aliphatic heterocycles. The fourth-order valence-electron chi connectivity index (χ4n) is 3.01. The number of urea groups is 1. The van der Waals surface area contributed by atoms with E-state index in [1.807, 2.05) is 31.2 Å². The van der Waals surface area contributed by atoms with Gasteiger partial charge in [0.2, 0.25) is 0 Å². The second-order valence-corrected chi connectivity index (χ2v) is 6.14. The van der Waals surface area contributed by atoms with Crippen LogP contribution in [0.15, 0.2) is 24.3 Å². The fourth-order valence-corrected chi connectivity index (χ4v) is 3.01. The van der Waals surface area contributed by atoms with Gasteiger partial charge in [0.05, 0.1) is 12.5 Å². The molecule has 2 N–H and O–H groups in total. The summed E-state index contributed by atoms with van der Waals surface area (Å²) in [4.78, 5) is 25.1. The monoisotopic (exact) mass is 320 g/mol. The maximum Gasteiger partial charge on any atom is 0.317 e. The van der Waals surface area contributed by atoms with E-state index in [0.29, 0.717) is 26.1 Å². The standard InChI is InChI=1S/C17H24N2O4/c1-12-7-15(16(20)21)10-19(9-12)17(22)18-8-13-5-3-4-6-14(13)11-23-2/h3-6,12,15H,7-11H2,1-2H3,(H,18,22)(H,20,21). The van der Waals surface area contributed by atoms with E-state index >= 15 is 0 Å². The van der Waals surface area contributed by atoms with Crippen LogP contribution < -0.4 is 5.32 Å². The van der Waals surface area contributed by atoms with E-state index in [1.165, 1.54) is 0 Å². The molecule has 0 aromatic heterocycles. The maximum atomic E-state index is 12.3. The van der Waals surface area contributed by atoms with Crippen molar-refractivity contribution in [2.45, 2.75) is 26.5 Å². The molecule has 1 aliphatic rings. The highest BCUT2D eigenvalue weighted by molar-refractivity contribution is 5.76. The van der Waals surface area contributed by atoms with E-state index in [4.69, 9.17) is 4.74 Å². The van der Waals surface area contributed by atoms with Gasteiger partial charge in [-0.1, -0.05) is 31.2 Å². The number of aliphatic carboxylic acids is 1. The van der Waals surface area contributed by atoms with Crippen molar-refractivity contribution in [1.29, 1.82) is 0 Å². The number of piperidine rings is 1. The molecule has 2 unspecified atom stereocenters. The Hall–Kier alpha value is -2.08. The number of likely N-dealkylation sites (tertiary alicyclic amines) is 1. The summed E-state index contributed by atoms with van der Waals surface area (Å²) in [5.74, 6) is -1.12. The van der Waals surface area contributed by atoms with Gasteiger partial charge >= 0.3 is 12.0 Å². The van der Waals surface area contributed by atoms with Gasteiger partial charge in [0.1, 0.15) is 0 Å². The van der Waals surface area contributed by atoms with Gasteiger partial charge in [0.25, 0.3) is 0 Å². The Kier molecular flexibility index (Phi) is 5.98. The Morgan fingerprint density at radius 2 is 2.00 bits per heavy atom. The van der Waals surface area contributed by atoms with Gasteiger partial charge in [-0.05, 0) is 23.5 Å². The molecular weight excluding hydrogens is 296 g/mol. The molecular formula is C17H24N2O4. The van der Waals surface area contributed by atoms with Crippen LogP contribution in [0.4, 0.5) is 4.79 Å². The summed E-state index contributed by atoms with van der Waals surface area (Å²) in [7, 11) is 1.64. The zero-order chi connectivity index (χ0) is 16.8. The molecule has 0 radical (unpaired) electrons. The van der Waals surface area contributed by atoms with Crippen LogP contribution >= 0.6 is 0 Å². The minimum absolute atomic E-state index is 0.191. The lowest BCUT2D eigenvalue weighted by molar-refractivity contribution is -0.143. The zero-order valence-corrected chi connectivity index (χ0v) is 13.6. The van der Waals surface area contributed by atoms with E-state index in [0.717, 1.165) is 11.1 Å². The average molecular weight is 320 g/mol. The molecule has 1 aromatic carbocycles. The molecule has 1 heterocycles. The molecule has 1 fully saturated rings. The van der Waals surface area contributed by atoms with Crippen molar-refractivity contribution < 1.29 is 19.4 Å². The average Bonchev–Trinajstić information content (AvgIpc) is 2.53. The molecule has 6 heteroatoms. The van der Waals surface area contributed by atoms with Crippen LogP contribution in [-0.2, 0) is 22.7 Å². The van der Waals surface area contributed by atoms with Gasteiger partial charge in [-0.3, -0.25) is 4.79 Å². The van der Waals surface area contributed by atoms with Crippen LogP contribution in [-0.4, -0.2) is 42.2 Å². The second kappa shape index (κ2) is 7.97. The Balaban J connectivity index is 1.95. The van der Waals surface area contributed by atoms with Gasteiger partial charge in [-0.25, -0.2) is 4.79 Å². The molecule has 6 nitrogen and oxygen atoms in total. The number of rotatable bonds is 5. The summed E-state index contributed by atoms with van der Waals surface area (Å²) in [6.45, 7) is 3.73. The first-order chi connectivity index (χ1) is 11.0. The number of amides is 2.